The number of nitrogens with one attached hydrogen (secondary N) is 1. The van der Waals surface area contributed by atoms with Gasteiger partial charge in [-0.3, -0.25) is 14.2 Å². The number of aryl methyl sites for hydroxylation is 1. The molecule has 10 heteroatoms. The Kier molecular flexibility index (Phi) is 4.97. The van der Waals surface area contributed by atoms with Gasteiger partial charge in [0.25, 0.3) is 5.91 Å². The molecule has 0 spiro atoms. The lowest BCUT2D eigenvalue weighted by Gasteiger charge is -2.05. The van der Waals surface area contributed by atoms with E-state index >= 15 is 0 Å². The van der Waals surface area contributed by atoms with E-state index in [1.54, 1.807) is 29.1 Å². The maximum absolute atomic E-state index is 12.3. The second kappa shape index (κ2) is 7.19. The van der Waals surface area contributed by atoms with E-state index in [4.69, 9.17) is 28.3 Å². The fourth-order valence-electron chi connectivity index (χ4n) is 2.35. The van der Waals surface area contributed by atoms with Gasteiger partial charge in [-0.25, -0.2) is 4.79 Å². The summed E-state index contributed by atoms with van der Waals surface area (Å²) in [4.78, 5) is 23.5. The van der Waals surface area contributed by atoms with Crippen LogP contribution in [0.25, 0.3) is 0 Å². The van der Waals surface area contributed by atoms with E-state index in [-0.39, 0.29) is 11.3 Å². The lowest BCUT2D eigenvalue weighted by Crippen LogP contribution is -2.15. The lowest BCUT2D eigenvalue weighted by atomic mass is 10.2. The molecule has 2 aromatic heterocycles. The molecule has 1 aromatic carbocycles. The Hall–Kier alpha value is -2.84. The Morgan fingerprint density at radius 1 is 1.27 bits per heavy atom. The minimum atomic E-state index is -1.27. The van der Waals surface area contributed by atoms with Crippen molar-refractivity contribution < 1.29 is 14.7 Å². The molecule has 3 rings (SSSR count). The highest BCUT2D eigenvalue weighted by molar-refractivity contribution is 6.35. The third-order valence-corrected chi connectivity index (χ3v) is 4.10. The molecule has 0 fully saturated rings. The number of amides is 1. The summed E-state index contributed by atoms with van der Waals surface area (Å²) in [6.07, 6.45) is 4.41. The number of carboxylic acids is 1. The van der Waals surface area contributed by atoms with Crippen molar-refractivity contribution in [2.75, 3.05) is 5.32 Å². The molecule has 0 radical (unpaired) electrons. The Balaban J connectivity index is 1.74. The topological polar surface area (TPSA) is 102 Å². The number of aromatic nitrogens is 4. The first kappa shape index (κ1) is 18.0. The van der Waals surface area contributed by atoms with Gasteiger partial charge in [0.2, 0.25) is 0 Å². The van der Waals surface area contributed by atoms with Gasteiger partial charge >= 0.3 is 5.97 Å². The molecule has 1 amide bonds. The molecule has 0 aliphatic carbocycles. The summed E-state index contributed by atoms with van der Waals surface area (Å²) in [7, 11) is 1.54. The van der Waals surface area contributed by atoms with Crippen LogP contribution >= 0.6 is 23.2 Å². The fraction of sp³-hybridized carbons (Fsp3) is 0.125. The number of nitrogens with zero attached hydrogens (tertiary/aromatic N) is 4. The summed E-state index contributed by atoms with van der Waals surface area (Å²) in [6, 6.07) is 5.16. The monoisotopic (exact) mass is 393 g/mol. The first-order valence-electron chi connectivity index (χ1n) is 7.38. The summed E-state index contributed by atoms with van der Waals surface area (Å²) < 4.78 is 2.86. The number of rotatable bonds is 5. The molecule has 0 atom stereocenters. The molecular formula is C16H13Cl2N5O3. The number of hydrogen-bond donors (Lipinski definition) is 2. The van der Waals surface area contributed by atoms with E-state index in [9.17, 15) is 9.59 Å². The van der Waals surface area contributed by atoms with Crippen molar-refractivity contribution in [3.8, 4) is 0 Å². The average Bonchev–Trinajstić information content (AvgIpc) is 3.16. The molecule has 0 aliphatic heterocycles. The van der Waals surface area contributed by atoms with Crippen LogP contribution in [0.1, 0.15) is 26.4 Å². The molecule has 0 bridgehead atoms. The second-order valence-corrected chi connectivity index (χ2v) is 6.33. The van der Waals surface area contributed by atoms with Crippen molar-refractivity contribution in [1.82, 2.24) is 19.6 Å². The van der Waals surface area contributed by atoms with E-state index in [2.05, 4.69) is 15.5 Å². The molecule has 0 aliphatic rings. The van der Waals surface area contributed by atoms with Crippen LogP contribution in [0.15, 0.2) is 36.8 Å². The van der Waals surface area contributed by atoms with Gasteiger partial charge in [-0.05, 0) is 17.7 Å². The summed E-state index contributed by atoms with van der Waals surface area (Å²) in [5.41, 5.74) is 0.886. The number of carbonyl (C=O) groups is 2. The lowest BCUT2D eigenvalue weighted by molar-refractivity contribution is 0.0685. The standard InChI is InChI=1S/C16H13Cl2N5O3/c1-22-8-12(14(21-22)16(25)26)15(24)20-11-5-19-23(7-11)6-9-2-3-10(17)4-13(9)18/h2-5,7-8H,6H2,1H3,(H,20,24)(H,25,26). The number of aromatic carboxylic acids is 1. The van der Waals surface area contributed by atoms with Crippen LogP contribution in [-0.4, -0.2) is 36.5 Å². The van der Waals surface area contributed by atoms with E-state index in [1.165, 1.54) is 24.1 Å². The Labute approximate surface area is 157 Å². The van der Waals surface area contributed by atoms with Crippen LogP contribution in [0.3, 0.4) is 0 Å². The number of halogens is 2. The van der Waals surface area contributed by atoms with Gasteiger partial charge in [0.15, 0.2) is 5.69 Å². The highest BCUT2D eigenvalue weighted by atomic mass is 35.5. The van der Waals surface area contributed by atoms with E-state index in [0.717, 1.165) is 5.56 Å². The van der Waals surface area contributed by atoms with Crippen molar-refractivity contribution in [1.29, 1.82) is 0 Å². The molecule has 0 saturated carbocycles. The van der Waals surface area contributed by atoms with Gasteiger partial charge in [0, 0.05) is 29.5 Å². The minimum absolute atomic E-state index is 0.0338. The van der Waals surface area contributed by atoms with Crippen molar-refractivity contribution in [3.05, 3.63) is 63.7 Å². The Morgan fingerprint density at radius 3 is 2.73 bits per heavy atom. The quantitative estimate of drug-likeness (QED) is 0.693. The summed E-state index contributed by atoms with van der Waals surface area (Å²) >= 11 is 12.0. The molecule has 0 unspecified atom stereocenters. The zero-order valence-corrected chi connectivity index (χ0v) is 15.0. The number of anilines is 1. The largest absolute Gasteiger partial charge is 0.476 e. The highest BCUT2D eigenvalue weighted by Crippen LogP contribution is 2.22. The van der Waals surface area contributed by atoms with Gasteiger partial charge in [-0.2, -0.15) is 10.2 Å². The van der Waals surface area contributed by atoms with Crippen LogP contribution in [0.5, 0.6) is 0 Å². The Bertz CT molecular complexity index is 996. The van der Waals surface area contributed by atoms with Gasteiger partial charge < -0.3 is 10.4 Å². The van der Waals surface area contributed by atoms with Gasteiger partial charge in [-0.15, -0.1) is 0 Å². The first-order chi connectivity index (χ1) is 12.3. The third kappa shape index (κ3) is 3.87. The Morgan fingerprint density at radius 2 is 2.04 bits per heavy atom. The van der Waals surface area contributed by atoms with Gasteiger partial charge in [0.1, 0.15) is 0 Å². The van der Waals surface area contributed by atoms with Crippen LogP contribution in [-0.2, 0) is 13.6 Å². The average molecular weight is 394 g/mol. The smallest absolute Gasteiger partial charge is 0.357 e. The summed E-state index contributed by atoms with van der Waals surface area (Å²) in [5, 5.41) is 20.7. The van der Waals surface area contributed by atoms with Crippen LogP contribution in [0.4, 0.5) is 5.69 Å². The molecule has 0 saturated heterocycles. The van der Waals surface area contributed by atoms with Crippen LogP contribution in [0, 0.1) is 0 Å². The van der Waals surface area contributed by atoms with Gasteiger partial charge in [-0.1, -0.05) is 29.3 Å². The molecular weight excluding hydrogens is 381 g/mol. The number of carboxylic acid groups (broad SMARTS) is 1. The van der Waals surface area contributed by atoms with Crippen molar-refractivity contribution in [2.45, 2.75) is 6.54 Å². The van der Waals surface area contributed by atoms with Crippen molar-refractivity contribution in [3.63, 3.8) is 0 Å². The SMILES string of the molecule is Cn1cc(C(=O)Nc2cnn(Cc3ccc(Cl)cc3Cl)c2)c(C(=O)O)n1. The maximum atomic E-state index is 12.3. The summed E-state index contributed by atoms with van der Waals surface area (Å²) in [5.74, 6) is -1.86. The fourth-order valence-corrected chi connectivity index (χ4v) is 2.82. The van der Waals surface area contributed by atoms with E-state index in [0.29, 0.717) is 22.3 Å². The van der Waals surface area contributed by atoms with Crippen molar-refractivity contribution >= 4 is 40.8 Å². The first-order valence-corrected chi connectivity index (χ1v) is 8.14. The number of hydrogen-bond acceptors (Lipinski definition) is 4. The molecule has 3 aromatic rings. The maximum Gasteiger partial charge on any atom is 0.357 e. The van der Waals surface area contributed by atoms with Crippen LogP contribution < -0.4 is 5.32 Å². The number of benzene rings is 1. The zero-order valence-electron chi connectivity index (χ0n) is 13.5. The van der Waals surface area contributed by atoms with Gasteiger partial charge in [0.05, 0.1) is 24.0 Å². The normalized spacial score (nSPS) is 10.7. The zero-order chi connectivity index (χ0) is 18.8. The van der Waals surface area contributed by atoms with Crippen LogP contribution in [0.2, 0.25) is 10.0 Å². The predicted molar refractivity (Wildman–Crippen MR) is 95.9 cm³/mol. The molecule has 2 N–H and O–H groups in total. The predicted octanol–water partition coefficient (Wildman–Crippen LogP) is 2.92. The molecule has 26 heavy (non-hydrogen) atoms. The van der Waals surface area contributed by atoms with Crippen molar-refractivity contribution in [2.24, 2.45) is 7.05 Å². The third-order valence-electron chi connectivity index (χ3n) is 3.51. The second-order valence-electron chi connectivity index (χ2n) is 5.49. The molecule has 134 valence electrons. The minimum Gasteiger partial charge on any atom is -0.476 e. The summed E-state index contributed by atoms with van der Waals surface area (Å²) in [6.45, 7) is 0.388. The highest BCUT2D eigenvalue weighted by Gasteiger charge is 2.21. The number of carbonyl (C=O) groups excluding carboxylic acids is 1. The molecule has 2 heterocycles. The molecule has 8 nitrogen and oxygen atoms in total. The van der Waals surface area contributed by atoms with E-state index in [1.807, 2.05) is 0 Å². The van der Waals surface area contributed by atoms with E-state index < -0.39 is 11.9 Å².